The zero-order valence-electron chi connectivity index (χ0n) is 16.9. The molecule has 2 amide bonds. The molecule has 1 unspecified atom stereocenters. The monoisotopic (exact) mass is 419 g/mol. The van der Waals surface area contributed by atoms with Crippen LogP contribution in [0.3, 0.4) is 0 Å². The number of alkyl carbamates (subject to hydrolysis) is 1. The molecule has 1 aromatic rings. The number of carbonyl (C=O) groups excluding carboxylic acids is 2. The minimum atomic E-state index is -0.924. The number of carbonyl (C=O) groups is 2. The SMILES string of the molecule is C=CCOc1ccc(CC(NC(=O)OC(C)(C)C)C(=O)NC2(C#N)CC2)cc1Cl. The number of benzene rings is 1. The fourth-order valence-corrected chi connectivity index (χ4v) is 2.80. The van der Waals surface area contributed by atoms with Gasteiger partial charge in [0.15, 0.2) is 0 Å². The summed E-state index contributed by atoms with van der Waals surface area (Å²) in [5.74, 6) is 0.0517. The zero-order chi connectivity index (χ0) is 21.7. The van der Waals surface area contributed by atoms with Crippen molar-refractivity contribution in [2.75, 3.05) is 6.61 Å². The van der Waals surface area contributed by atoms with Gasteiger partial charge in [0.05, 0.1) is 11.1 Å². The quantitative estimate of drug-likeness (QED) is 0.628. The standard InChI is InChI=1S/C21H26ClN3O4/c1-5-10-28-17-7-6-14(11-15(17)22)12-16(24-19(27)29-20(2,3)4)18(26)25-21(13-23)8-9-21/h5-7,11,16H,1,8-10,12H2,2-4H3,(H,24,27)(H,25,26). The number of nitrogens with one attached hydrogen (secondary N) is 2. The fraction of sp³-hybridized carbons (Fsp3) is 0.476. The lowest BCUT2D eigenvalue weighted by Crippen LogP contribution is -2.52. The van der Waals surface area contributed by atoms with Crippen molar-refractivity contribution in [2.24, 2.45) is 0 Å². The molecule has 1 fully saturated rings. The van der Waals surface area contributed by atoms with Gasteiger partial charge in [-0.2, -0.15) is 5.26 Å². The van der Waals surface area contributed by atoms with Crippen LogP contribution < -0.4 is 15.4 Å². The normalized spacial score (nSPS) is 15.4. The maximum absolute atomic E-state index is 12.8. The Hall–Kier alpha value is -2.72. The van der Waals surface area contributed by atoms with E-state index >= 15 is 0 Å². The van der Waals surface area contributed by atoms with Gasteiger partial charge in [0.2, 0.25) is 5.91 Å². The van der Waals surface area contributed by atoms with Crippen LogP contribution in [0.25, 0.3) is 0 Å². The Morgan fingerprint density at radius 3 is 2.62 bits per heavy atom. The van der Waals surface area contributed by atoms with Crippen LogP contribution in [0, 0.1) is 11.3 Å². The highest BCUT2D eigenvalue weighted by Gasteiger charge is 2.45. The van der Waals surface area contributed by atoms with Gasteiger partial charge >= 0.3 is 6.09 Å². The molecule has 156 valence electrons. The highest BCUT2D eigenvalue weighted by atomic mass is 35.5. The number of halogens is 1. The Morgan fingerprint density at radius 2 is 2.10 bits per heavy atom. The lowest BCUT2D eigenvalue weighted by molar-refractivity contribution is -0.123. The molecule has 2 N–H and O–H groups in total. The number of nitrogens with zero attached hydrogens (tertiary/aromatic N) is 1. The summed E-state index contributed by atoms with van der Waals surface area (Å²) in [6.07, 6.45) is 2.26. The predicted octanol–water partition coefficient (Wildman–Crippen LogP) is 3.51. The maximum Gasteiger partial charge on any atom is 0.408 e. The van der Waals surface area contributed by atoms with E-state index in [0.717, 1.165) is 5.56 Å². The number of hydrogen-bond donors (Lipinski definition) is 2. The molecule has 0 bridgehead atoms. The van der Waals surface area contributed by atoms with Gasteiger partial charge in [-0.05, 0) is 51.3 Å². The van der Waals surface area contributed by atoms with E-state index < -0.39 is 29.2 Å². The minimum Gasteiger partial charge on any atom is -0.488 e. The molecule has 1 aromatic carbocycles. The van der Waals surface area contributed by atoms with Crippen molar-refractivity contribution in [2.45, 2.75) is 57.2 Å². The molecule has 0 radical (unpaired) electrons. The highest BCUT2D eigenvalue weighted by Crippen LogP contribution is 2.34. The molecular formula is C21H26ClN3O4. The summed E-state index contributed by atoms with van der Waals surface area (Å²) in [6.45, 7) is 9.11. The Balaban J connectivity index is 2.14. The molecule has 2 rings (SSSR count). The summed E-state index contributed by atoms with van der Waals surface area (Å²) in [4.78, 5) is 25.0. The molecular weight excluding hydrogens is 394 g/mol. The minimum absolute atomic E-state index is 0.175. The van der Waals surface area contributed by atoms with Crippen molar-refractivity contribution >= 4 is 23.6 Å². The molecule has 1 atom stereocenters. The van der Waals surface area contributed by atoms with Crippen LogP contribution in [0.1, 0.15) is 39.2 Å². The third-order valence-corrected chi connectivity index (χ3v) is 4.42. The second-order valence-corrected chi connectivity index (χ2v) is 8.36. The summed E-state index contributed by atoms with van der Waals surface area (Å²) in [5.41, 5.74) is -0.826. The summed E-state index contributed by atoms with van der Waals surface area (Å²) in [7, 11) is 0. The van der Waals surface area contributed by atoms with Crippen molar-refractivity contribution in [1.82, 2.24) is 10.6 Å². The first kappa shape index (κ1) is 22.6. The summed E-state index contributed by atoms with van der Waals surface area (Å²) in [6, 6.07) is 6.32. The topological polar surface area (TPSA) is 100 Å². The summed E-state index contributed by atoms with van der Waals surface area (Å²) < 4.78 is 10.7. The average molecular weight is 420 g/mol. The van der Waals surface area contributed by atoms with Gasteiger partial charge in [0, 0.05) is 6.42 Å². The third kappa shape index (κ3) is 6.99. The Morgan fingerprint density at radius 1 is 1.41 bits per heavy atom. The Bertz CT molecular complexity index is 822. The largest absolute Gasteiger partial charge is 0.488 e. The van der Waals surface area contributed by atoms with Crippen molar-refractivity contribution in [3.63, 3.8) is 0 Å². The van der Waals surface area contributed by atoms with E-state index in [1.807, 2.05) is 0 Å². The molecule has 8 heteroatoms. The molecule has 0 aromatic heterocycles. The molecule has 1 aliphatic carbocycles. The summed E-state index contributed by atoms with van der Waals surface area (Å²) in [5, 5.41) is 14.9. The van der Waals surface area contributed by atoms with Crippen LogP contribution in [0.5, 0.6) is 5.75 Å². The van der Waals surface area contributed by atoms with Gasteiger partial charge in [0.25, 0.3) is 0 Å². The van der Waals surface area contributed by atoms with E-state index in [1.54, 1.807) is 45.0 Å². The first-order chi connectivity index (χ1) is 13.6. The molecule has 29 heavy (non-hydrogen) atoms. The van der Waals surface area contributed by atoms with Crippen molar-refractivity contribution in [1.29, 1.82) is 5.26 Å². The van der Waals surface area contributed by atoms with Crippen LogP contribution >= 0.6 is 11.6 Å². The lowest BCUT2D eigenvalue weighted by Gasteiger charge is -2.24. The van der Waals surface area contributed by atoms with E-state index in [4.69, 9.17) is 21.1 Å². The van der Waals surface area contributed by atoms with E-state index in [2.05, 4.69) is 23.3 Å². The number of hydrogen-bond acceptors (Lipinski definition) is 5. The van der Waals surface area contributed by atoms with Gasteiger partial charge in [-0.3, -0.25) is 4.79 Å². The predicted molar refractivity (Wildman–Crippen MR) is 110 cm³/mol. The number of amides is 2. The molecule has 0 spiro atoms. The van der Waals surface area contributed by atoms with Crippen LogP contribution in [-0.4, -0.2) is 35.8 Å². The second-order valence-electron chi connectivity index (χ2n) is 7.95. The van der Waals surface area contributed by atoms with Crippen LogP contribution in [0.4, 0.5) is 4.79 Å². The van der Waals surface area contributed by atoms with E-state index in [9.17, 15) is 14.9 Å². The first-order valence-corrected chi connectivity index (χ1v) is 9.70. The Kier molecular flexibility index (Phi) is 7.15. The van der Waals surface area contributed by atoms with Crippen molar-refractivity contribution in [3.8, 4) is 11.8 Å². The van der Waals surface area contributed by atoms with Gasteiger partial charge in [0.1, 0.15) is 29.5 Å². The molecule has 0 heterocycles. The van der Waals surface area contributed by atoms with Crippen LogP contribution in [0.15, 0.2) is 30.9 Å². The van der Waals surface area contributed by atoms with E-state index in [-0.39, 0.29) is 6.42 Å². The average Bonchev–Trinajstić information content (AvgIpc) is 3.39. The smallest absolute Gasteiger partial charge is 0.408 e. The lowest BCUT2D eigenvalue weighted by atomic mass is 10.0. The van der Waals surface area contributed by atoms with Gasteiger partial charge in [-0.1, -0.05) is 30.3 Å². The Labute approximate surface area is 176 Å². The van der Waals surface area contributed by atoms with Crippen LogP contribution in [-0.2, 0) is 16.0 Å². The van der Waals surface area contributed by atoms with E-state index in [1.165, 1.54) is 0 Å². The molecule has 0 aliphatic heterocycles. The first-order valence-electron chi connectivity index (χ1n) is 9.32. The van der Waals surface area contributed by atoms with Crippen molar-refractivity contribution in [3.05, 3.63) is 41.4 Å². The van der Waals surface area contributed by atoms with E-state index in [0.29, 0.717) is 30.2 Å². The third-order valence-electron chi connectivity index (χ3n) is 4.13. The maximum atomic E-state index is 12.8. The summed E-state index contributed by atoms with van der Waals surface area (Å²) >= 11 is 6.24. The molecule has 1 aliphatic rings. The second kappa shape index (κ2) is 9.19. The van der Waals surface area contributed by atoms with Gasteiger partial charge in [-0.25, -0.2) is 4.79 Å². The van der Waals surface area contributed by atoms with Crippen molar-refractivity contribution < 1.29 is 19.1 Å². The zero-order valence-corrected chi connectivity index (χ0v) is 17.6. The van der Waals surface area contributed by atoms with Gasteiger partial charge in [-0.15, -0.1) is 0 Å². The number of ether oxygens (including phenoxy) is 2. The molecule has 1 saturated carbocycles. The highest BCUT2D eigenvalue weighted by molar-refractivity contribution is 6.32. The molecule has 0 saturated heterocycles. The number of rotatable bonds is 8. The van der Waals surface area contributed by atoms with Gasteiger partial charge < -0.3 is 20.1 Å². The van der Waals surface area contributed by atoms with Crippen LogP contribution in [0.2, 0.25) is 5.02 Å². The number of nitriles is 1. The fourth-order valence-electron chi connectivity index (χ4n) is 2.54. The molecule has 7 nitrogen and oxygen atoms in total.